The van der Waals surface area contributed by atoms with Crippen LogP contribution in [0.25, 0.3) is 32.8 Å². The first-order valence-electron chi connectivity index (χ1n) is 12.3. The van der Waals surface area contributed by atoms with Crippen molar-refractivity contribution in [3.05, 3.63) is 116 Å². The van der Waals surface area contributed by atoms with Crippen LogP contribution >= 0.6 is 11.3 Å². The van der Waals surface area contributed by atoms with Crippen molar-refractivity contribution in [1.29, 1.82) is 0 Å². The normalized spacial score (nSPS) is 14.3. The van der Waals surface area contributed by atoms with Crippen molar-refractivity contribution >= 4 is 46.2 Å². The van der Waals surface area contributed by atoms with Gasteiger partial charge in [0.2, 0.25) is 0 Å². The van der Waals surface area contributed by atoms with Crippen LogP contribution in [0.1, 0.15) is 0 Å². The van der Waals surface area contributed by atoms with E-state index in [0.29, 0.717) is 0 Å². The molecule has 0 N–H and O–H groups in total. The summed E-state index contributed by atoms with van der Waals surface area (Å²) in [6, 6.07) is 33.9. The molecule has 0 spiro atoms. The molecule has 7 heteroatoms. The van der Waals surface area contributed by atoms with E-state index in [4.69, 9.17) is 0 Å². The summed E-state index contributed by atoms with van der Waals surface area (Å²) in [5.41, 5.74) is 11.7. The number of fused-ring (bicyclic) bond motifs is 11. The van der Waals surface area contributed by atoms with Crippen LogP contribution < -0.4 is 20.6 Å². The maximum absolute atomic E-state index is 4.58. The van der Waals surface area contributed by atoms with Crippen molar-refractivity contribution in [2.24, 2.45) is 0 Å². The molecule has 8 rings (SSSR count). The van der Waals surface area contributed by atoms with Gasteiger partial charge in [-0.25, -0.2) is 0 Å². The van der Waals surface area contributed by atoms with E-state index in [-0.39, 0.29) is 27.9 Å². The quantitative estimate of drug-likeness (QED) is 0.177. The molecule has 0 amide bonds. The van der Waals surface area contributed by atoms with Gasteiger partial charge in [0, 0.05) is 49.0 Å². The first kappa shape index (κ1) is 23.5. The summed E-state index contributed by atoms with van der Waals surface area (Å²) in [6.07, 6.45) is 5.98. The topological polar surface area (TPSA) is 22.6 Å². The first-order chi connectivity index (χ1) is 18.3. The molecular formula is C31H20BN4PtS-3. The monoisotopic (exact) mass is 686 g/mol. The predicted molar refractivity (Wildman–Crippen MR) is 153 cm³/mol. The Labute approximate surface area is 241 Å². The molecule has 4 heterocycles. The molecule has 3 aliphatic rings. The minimum Gasteiger partial charge on any atom is -0.510 e. The van der Waals surface area contributed by atoms with Gasteiger partial charge in [-0.3, -0.25) is 4.98 Å². The molecule has 0 atom stereocenters. The van der Waals surface area contributed by atoms with Crippen LogP contribution in [0.15, 0.2) is 96.8 Å². The molecule has 186 valence electrons. The van der Waals surface area contributed by atoms with Gasteiger partial charge in [0.1, 0.15) is 0 Å². The summed E-state index contributed by atoms with van der Waals surface area (Å²) < 4.78 is 0. The third-order valence-electron chi connectivity index (χ3n) is 7.36. The average Bonchev–Trinajstić information content (AvgIpc) is 3.65. The Hall–Kier alpha value is -3.60. The molecule has 0 fully saturated rings. The fraction of sp³-hybridized carbons (Fsp3) is 0.0323. The van der Waals surface area contributed by atoms with E-state index in [2.05, 4.69) is 124 Å². The van der Waals surface area contributed by atoms with Crippen LogP contribution in [-0.4, -0.2) is 23.8 Å². The van der Waals surface area contributed by atoms with Gasteiger partial charge in [0.25, 0.3) is 6.85 Å². The van der Waals surface area contributed by atoms with E-state index >= 15 is 0 Å². The van der Waals surface area contributed by atoms with Crippen LogP contribution in [0.2, 0.25) is 0 Å². The Bertz CT molecular complexity index is 1720. The van der Waals surface area contributed by atoms with Crippen molar-refractivity contribution < 1.29 is 21.1 Å². The van der Waals surface area contributed by atoms with Gasteiger partial charge in [-0.05, 0) is 37.1 Å². The Morgan fingerprint density at radius 3 is 2.13 bits per heavy atom. The summed E-state index contributed by atoms with van der Waals surface area (Å²) in [6.45, 7) is 2.02. The second-order valence-corrected chi connectivity index (χ2v) is 10.4. The molecule has 0 saturated carbocycles. The van der Waals surface area contributed by atoms with Gasteiger partial charge in [0.15, 0.2) is 0 Å². The zero-order chi connectivity index (χ0) is 24.5. The molecule has 0 radical (unpaired) electrons. The fourth-order valence-corrected chi connectivity index (χ4v) is 6.39. The third-order valence-corrected chi connectivity index (χ3v) is 8.17. The molecule has 0 bridgehead atoms. The molecule has 1 aromatic heterocycles. The summed E-state index contributed by atoms with van der Waals surface area (Å²) in [4.78, 5) is 11.2. The molecule has 0 aliphatic carbocycles. The molecular weight excluding hydrogens is 666 g/mol. The van der Waals surface area contributed by atoms with Crippen LogP contribution in [0.3, 0.4) is 0 Å². The van der Waals surface area contributed by atoms with Crippen LogP contribution in [0, 0.1) is 18.8 Å². The van der Waals surface area contributed by atoms with Gasteiger partial charge in [0.05, 0.1) is 0 Å². The summed E-state index contributed by atoms with van der Waals surface area (Å²) in [5.74, 6) is 0. The second-order valence-electron chi connectivity index (χ2n) is 9.50. The van der Waals surface area contributed by atoms with E-state index in [0.717, 1.165) is 27.2 Å². The van der Waals surface area contributed by atoms with Crippen LogP contribution in [0.5, 0.6) is 0 Å². The van der Waals surface area contributed by atoms with E-state index in [1.165, 1.54) is 33.6 Å². The van der Waals surface area contributed by atoms with Crippen molar-refractivity contribution in [3.8, 4) is 32.8 Å². The Morgan fingerprint density at radius 1 is 0.789 bits per heavy atom. The van der Waals surface area contributed by atoms with E-state index in [1.54, 1.807) is 11.3 Å². The van der Waals surface area contributed by atoms with Crippen molar-refractivity contribution in [3.63, 3.8) is 0 Å². The molecule has 38 heavy (non-hydrogen) atoms. The maximum atomic E-state index is 4.58. The van der Waals surface area contributed by atoms with Gasteiger partial charge in [-0.2, -0.15) is 35.6 Å². The molecule has 3 aliphatic heterocycles. The number of thiazole rings is 1. The number of aromatic nitrogens is 1. The number of para-hydroxylation sites is 2. The largest absolute Gasteiger partial charge is 0.510 e. The number of hydrogen-bond donors (Lipinski definition) is 0. The number of nitrogens with zero attached hydrogens (tertiary/aromatic N) is 4. The van der Waals surface area contributed by atoms with Gasteiger partial charge in [-0.15, -0.1) is 52.1 Å². The van der Waals surface area contributed by atoms with E-state index in [1.807, 2.05) is 18.6 Å². The molecule has 0 unspecified atom stereocenters. The Kier molecular flexibility index (Phi) is 5.57. The first-order valence-corrected chi connectivity index (χ1v) is 13.2. The Morgan fingerprint density at radius 2 is 1.47 bits per heavy atom. The number of rotatable bonds is 2. The van der Waals surface area contributed by atoms with Gasteiger partial charge < -0.3 is 14.6 Å². The van der Waals surface area contributed by atoms with Gasteiger partial charge in [-0.1, -0.05) is 42.0 Å². The summed E-state index contributed by atoms with van der Waals surface area (Å²) in [7, 11) is 2.04. The zero-order valence-electron chi connectivity index (χ0n) is 20.4. The third kappa shape index (κ3) is 3.44. The van der Waals surface area contributed by atoms with Gasteiger partial charge >= 0.3 is 0 Å². The maximum Gasteiger partial charge on any atom is 0.285 e. The van der Waals surface area contributed by atoms with Crippen LogP contribution in [-0.2, 0) is 21.1 Å². The number of anilines is 3. The molecule has 5 aromatic rings. The van der Waals surface area contributed by atoms with Crippen molar-refractivity contribution in [2.45, 2.75) is 0 Å². The predicted octanol–water partition coefficient (Wildman–Crippen LogP) is 5.66. The van der Waals surface area contributed by atoms with Crippen molar-refractivity contribution in [2.75, 3.05) is 16.8 Å². The minimum atomic E-state index is -0.0565. The zero-order valence-corrected chi connectivity index (χ0v) is 23.5. The standard InChI is InChI=1S/C31H20BN4S.Pt/c1-34-15-16-35(20-34)22-11-13-24-26-7-3-5-9-30(26)36-29-8-4-2-6-25(29)23-12-10-21(31-33-14-17-37-31)18-27(23)32(36)28(24)19-22;/h2-17,20H,1H3;/q-3;. The van der Waals surface area contributed by atoms with E-state index < -0.39 is 0 Å². The minimum absolute atomic E-state index is 0. The number of hydrogen-bond acceptors (Lipinski definition) is 5. The molecule has 4 nitrogen and oxygen atoms in total. The van der Waals surface area contributed by atoms with E-state index in [9.17, 15) is 0 Å². The fourth-order valence-electron chi connectivity index (χ4n) is 5.77. The van der Waals surface area contributed by atoms with Crippen molar-refractivity contribution in [1.82, 2.24) is 9.88 Å². The number of benzene rings is 4. The SMILES string of the molecule is CN1C=CN(c2[c-]c3c(cc2)-c2ccccc2N2B3c3[c-]c(-c4nccs4)ccc3-c3ccccc32)[CH-]1.[Pt]. The summed E-state index contributed by atoms with van der Waals surface area (Å²) in [5, 5.41) is 3.01. The molecule has 0 saturated heterocycles. The second kappa shape index (κ2) is 9.01. The smallest absolute Gasteiger partial charge is 0.285 e. The average molecular weight is 686 g/mol. The Balaban J connectivity index is 0.00000242. The molecule has 4 aromatic carbocycles. The van der Waals surface area contributed by atoms with Crippen LogP contribution in [0.4, 0.5) is 17.1 Å². The summed E-state index contributed by atoms with van der Waals surface area (Å²) >= 11 is 1.65.